The predicted octanol–water partition coefficient (Wildman–Crippen LogP) is 0.360. The molecule has 1 fully saturated rings. The van der Waals surface area contributed by atoms with Crippen molar-refractivity contribution in [1.29, 1.82) is 0 Å². The Kier molecular flexibility index (Phi) is 3.92. The van der Waals surface area contributed by atoms with Crippen LogP contribution >= 0.6 is 15.9 Å². The number of aromatic nitrogens is 2. The number of ether oxygens (including phenoxy) is 2. The SMILES string of the molecule is O=c1[nH]cnc(NCC2COCCO2)c1Br. The minimum atomic E-state index is -0.210. The Morgan fingerprint density at radius 3 is 3.25 bits per heavy atom. The van der Waals surface area contributed by atoms with Crippen molar-refractivity contribution in [2.75, 3.05) is 31.7 Å². The molecule has 0 aromatic carbocycles. The Balaban J connectivity index is 1.93. The van der Waals surface area contributed by atoms with Crippen molar-refractivity contribution in [2.24, 2.45) is 0 Å². The van der Waals surface area contributed by atoms with Crippen molar-refractivity contribution in [2.45, 2.75) is 6.10 Å². The molecule has 16 heavy (non-hydrogen) atoms. The predicted molar refractivity (Wildman–Crippen MR) is 61.6 cm³/mol. The van der Waals surface area contributed by atoms with E-state index >= 15 is 0 Å². The quantitative estimate of drug-likeness (QED) is 0.840. The molecule has 0 amide bonds. The topological polar surface area (TPSA) is 76.2 Å². The number of anilines is 1. The molecule has 1 aromatic heterocycles. The molecular weight excluding hydrogens is 278 g/mol. The lowest BCUT2D eigenvalue weighted by Crippen LogP contribution is -2.34. The van der Waals surface area contributed by atoms with E-state index in [1.807, 2.05) is 0 Å². The fourth-order valence-electron chi connectivity index (χ4n) is 1.37. The summed E-state index contributed by atoms with van der Waals surface area (Å²) in [5.74, 6) is 0.512. The van der Waals surface area contributed by atoms with Gasteiger partial charge in [0.15, 0.2) is 0 Å². The van der Waals surface area contributed by atoms with Crippen LogP contribution in [0, 0.1) is 0 Å². The zero-order chi connectivity index (χ0) is 11.4. The van der Waals surface area contributed by atoms with Crippen LogP contribution in [0.2, 0.25) is 0 Å². The van der Waals surface area contributed by atoms with Crippen molar-refractivity contribution >= 4 is 21.7 Å². The number of halogens is 1. The molecule has 0 aliphatic carbocycles. The first-order valence-electron chi connectivity index (χ1n) is 4.94. The number of nitrogens with one attached hydrogen (secondary N) is 2. The molecule has 1 unspecified atom stereocenters. The number of hydrogen-bond acceptors (Lipinski definition) is 5. The Hall–Kier alpha value is -0.920. The molecule has 6 nitrogen and oxygen atoms in total. The summed E-state index contributed by atoms with van der Waals surface area (Å²) in [6, 6.07) is 0. The molecule has 1 atom stereocenters. The average molecular weight is 290 g/mol. The first-order chi connectivity index (χ1) is 7.77. The van der Waals surface area contributed by atoms with Crippen molar-refractivity contribution in [3.63, 3.8) is 0 Å². The number of H-pyrrole nitrogens is 1. The fraction of sp³-hybridized carbons (Fsp3) is 0.556. The average Bonchev–Trinajstić information content (AvgIpc) is 2.32. The maximum Gasteiger partial charge on any atom is 0.267 e. The van der Waals surface area contributed by atoms with Crippen LogP contribution < -0.4 is 10.9 Å². The molecule has 0 spiro atoms. The van der Waals surface area contributed by atoms with Gasteiger partial charge in [-0.05, 0) is 15.9 Å². The molecule has 2 rings (SSSR count). The third-order valence-electron chi connectivity index (χ3n) is 2.18. The molecule has 1 aromatic rings. The highest BCUT2D eigenvalue weighted by molar-refractivity contribution is 9.10. The van der Waals surface area contributed by atoms with E-state index in [0.717, 1.165) is 0 Å². The van der Waals surface area contributed by atoms with Gasteiger partial charge >= 0.3 is 0 Å². The van der Waals surface area contributed by atoms with Gasteiger partial charge in [0.1, 0.15) is 10.3 Å². The second kappa shape index (κ2) is 5.42. The van der Waals surface area contributed by atoms with Crippen LogP contribution in [0.3, 0.4) is 0 Å². The van der Waals surface area contributed by atoms with Gasteiger partial charge in [0.05, 0.1) is 32.3 Å². The summed E-state index contributed by atoms with van der Waals surface area (Å²) in [5, 5.41) is 3.04. The van der Waals surface area contributed by atoms with Crippen LogP contribution in [0.5, 0.6) is 0 Å². The van der Waals surface area contributed by atoms with Crippen LogP contribution in [0.4, 0.5) is 5.82 Å². The van der Waals surface area contributed by atoms with E-state index < -0.39 is 0 Å². The largest absolute Gasteiger partial charge is 0.376 e. The fourth-order valence-corrected chi connectivity index (χ4v) is 1.73. The molecule has 0 radical (unpaired) electrons. The van der Waals surface area contributed by atoms with E-state index in [4.69, 9.17) is 9.47 Å². The Bertz CT molecular complexity index is 403. The van der Waals surface area contributed by atoms with Crippen molar-refractivity contribution < 1.29 is 9.47 Å². The summed E-state index contributed by atoms with van der Waals surface area (Å²) in [5.41, 5.74) is -0.210. The molecule has 0 saturated carbocycles. The normalized spacial score (nSPS) is 20.7. The Morgan fingerprint density at radius 1 is 1.62 bits per heavy atom. The number of rotatable bonds is 3. The summed E-state index contributed by atoms with van der Waals surface area (Å²) in [7, 11) is 0. The van der Waals surface area contributed by atoms with Gasteiger partial charge in [-0.3, -0.25) is 4.79 Å². The standard InChI is InChI=1S/C9H12BrN3O3/c10-7-8(12-5-13-9(7)14)11-3-6-4-15-1-2-16-6/h5-6H,1-4H2,(H2,11,12,13,14). The van der Waals surface area contributed by atoms with Crippen LogP contribution in [0.15, 0.2) is 15.6 Å². The van der Waals surface area contributed by atoms with E-state index in [2.05, 4.69) is 31.2 Å². The van der Waals surface area contributed by atoms with Gasteiger partial charge in [-0.25, -0.2) is 4.98 Å². The highest BCUT2D eigenvalue weighted by Crippen LogP contribution is 2.13. The van der Waals surface area contributed by atoms with Crippen molar-refractivity contribution in [3.8, 4) is 0 Å². The van der Waals surface area contributed by atoms with Gasteiger partial charge in [0, 0.05) is 6.54 Å². The second-order valence-electron chi connectivity index (χ2n) is 3.34. The van der Waals surface area contributed by atoms with Crippen LogP contribution in [0.1, 0.15) is 0 Å². The third-order valence-corrected chi connectivity index (χ3v) is 2.91. The molecule has 7 heteroatoms. The van der Waals surface area contributed by atoms with Gasteiger partial charge in [0.2, 0.25) is 0 Å². The molecule has 1 aliphatic rings. The lowest BCUT2D eigenvalue weighted by atomic mass is 10.3. The van der Waals surface area contributed by atoms with E-state index in [1.165, 1.54) is 6.33 Å². The number of aromatic amines is 1. The van der Waals surface area contributed by atoms with E-state index in [9.17, 15) is 4.79 Å². The maximum atomic E-state index is 11.3. The molecule has 1 aliphatic heterocycles. The molecular formula is C9H12BrN3O3. The highest BCUT2D eigenvalue weighted by Gasteiger charge is 2.15. The van der Waals surface area contributed by atoms with Gasteiger partial charge in [-0.2, -0.15) is 0 Å². The highest BCUT2D eigenvalue weighted by atomic mass is 79.9. The summed E-state index contributed by atoms with van der Waals surface area (Å²) < 4.78 is 11.1. The first-order valence-corrected chi connectivity index (χ1v) is 5.73. The van der Waals surface area contributed by atoms with Crippen molar-refractivity contribution in [3.05, 3.63) is 21.2 Å². The maximum absolute atomic E-state index is 11.3. The first kappa shape index (κ1) is 11.6. The molecule has 1 saturated heterocycles. The summed E-state index contributed by atoms with van der Waals surface area (Å²) in [4.78, 5) is 17.7. The molecule has 88 valence electrons. The van der Waals surface area contributed by atoms with Crippen LogP contribution in [-0.4, -0.2) is 42.4 Å². The van der Waals surface area contributed by atoms with Crippen molar-refractivity contribution in [1.82, 2.24) is 9.97 Å². The van der Waals surface area contributed by atoms with E-state index in [1.54, 1.807) is 0 Å². The van der Waals surface area contributed by atoms with Gasteiger partial charge < -0.3 is 19.8 Å². The Morgan fingerprint density at radius 2 is 2.50 bits per heavy atom. The number of hydrogen-bond donors (Lipinski definition) is 2. The zero-order valence-electron chi connectivity index (χ0n) is 8.53. The minimum absolute atomic E-state index is 0.00161. The molecule has 2 heterocycles. The Labute approximate surface area is 100 Å². The summed E-state index contributed by atoms with van der Waals surface area (Å²) in [6.45, 7) is 2.38. The summed E-state index contributed by atoms with van der Waals surface area (Å²) in [6.07, 6.45) is 1.36. The molecule has 2 N–H and O–H groups in total. The monoisotopic (exact) mass is 289 g/mol. The summed E-state index contributed by atoms with van der Waals surface area (Å²) >= 11 is 3.16. The lowest BCUT2D eigenvalue weighted by molar-refractivity contribution is -0.0819. The van der Waals surface area contributed by atoms with Gasteiger partial charge in [0.25, 0.3) is 5.56 Å². The minimum Gasteiger partial charge on any atom is -0.376 e. The van der Waals surface area contributed by atoms with Gasteiger partial charge in [-0.15, -0.1) is 0 Å². The third kappa shape index (κ3) is 2.81. The van der Waals surface area contributed by atoms with Gasteiger partial charge in [-0.1, -0.05) is 0 Å². The van der Waals surface area contributed by atoms with Crippen LogP contribution in [0.25, 0.3) is 0 Å². The lowest BCUT2D eigenvalue weighted by Gasteiger charge is -2.23. The van der Waals surface area contributed by atoms with E-state index in [-0.39, 0.29) is 11.7 Å². The van der Waals surface area contributed by atoms with E-state index in [0.29, 0.717) is 36.7 Å². The van der Waals surface area contributed by atoms with Crippen LogP contribution in [-0.2, 0) is 9.47 Å². The zero-order valence-corrected chi connectivity index (χ0v) is 10.1. The second-order valence-corrected chi connectivity index (χ2v) is 4.14. The number of nitrogens with zero attached hydrogens (tertiary/aromatic N) is 1. The molecule has 0 bridgehead atoms. The smallest absolute Gasteiger partial charge is 0.267 e.